The second-order valence-corrected chi connectivity index (χ2v) is 7.07. The van der Waals surface area contributed by atoms with Crippen LogP contribution in [0.3, 0.4) is 0 Å². The number of carbonyl (C=O) groups is 1. The Morgan fingerprint density at radius 2 is 1.96 bits per heavy atom. The molecule has 2 aromatic rings. The highest BCUT2D eigenvalue weighted by atomic mass is 32.1. The van der Waals surface area contributed by atoms with Gasteiger partial charge in [0.15, 0.2) is 11.7 Å². The first-order valence-corrected chi connectivity index (χ1v) is 8.81. The van der Waals surface area contributed by atoms with Gasteiger partial charge in [-0.15, -0.1) is 11.3 Å². The number of aromatic nitrogens is 1. The first-order valence-electron chi connectivity index (χ1n) is 8.00. The highest BCUT2D eigenvalue weighted by Crippen LogP contribution is 2.17. The maximum Gasteiger partial charge on any atom is 0.260 e. The number of hydrogen-bond donors (Lipinski definition) is 1. The minimum atomic E-state index is 0.0391. The summed E-state index contributed by atoms with van der Waals surface area (Å²) in [5.74, 6) is 0.771. The van der Waals surface area contributed by atoms with Gasteiger partial charge in [0.2, 0.25) is 0 Å². The Hall–Kier alpha value is -2.12. The first-order chi connectivity index (χ1) is 11.6. The molecule has 0 saturated carbocycles. The van der Waals surface area contributed by atoms with Crippen LogP contribution in [0.15, 0.2) is 30.5 Å². The number of piperazine rings is 1. The maximum absolute atomic E-state index is 12.3. The molecule has 128 valence electrons. The summed E-state index contributed by atoms with van der Waals surface area (Å²) in [5.41, 5.74) is 6.83. The van der Waals surface area contributed by atoms with Crippen LogP contribution < -0.4 is 10.5 Å². The third-order valence-corrected chi connectivity index (χ3v) is 4.87. The summed E-state index contributed by atoms with van der Waals surface area (Å²) in [6.07, 6.45) is 1.83. The average Bonchev–Trinajstić information content (AvgIpc) is 2.99. The Morgan fingerprint density at radius 3 is 2.58 bits per heavy atom. The number of thiazole rings is 1. The molecule has 0 spiro atoms. The van der Waals surface area contributed by atoms with Crippen LogP contribution in [0.4, 0.5) is 5.13 Å². The molecule has 1 amide bonds. The molecule has 0 radical (unpaired) electrons. The molecule has 3 rings (SSSR count). The monoisotopic (exact) mass is 346 g/mol. The second-order valence-electron chi connectivity index (χ2n) is 5.92. The SMILES string of the molecule is Cc1ccc(OCC(=O)N2CCN(Cc3cnc(N)s3)CC2)cc1. The van der Waals surface area contributed by atoms with Crippen LogP contribution in [0.2, 0.25) is 0 Å². The van der Waals surface area contributed by atoms with Gasteiger partial charge in [0.1, 0.15) is 5.75 Å². The van der Waals surface area contributed by atoms with Crippen LogP contribution in [-0.2, 0) is 11.3 Å². The van der Waals surface area contributed by atoms with Gasteiger partial charge in [0.25, 0.3) is 5.91 Å². The normalized spacial score (nSPS) is 15.5. The smallest absolute Gasteiger partial charge is 0.260 e. The summed E-state index contributed by atoms with van der Waals surface area (Å²) in [6, 6.07) is 7.73. The van der Waals surface area contributed by atoms with E-state index in [1.165, 1.54) is 16.9 Å². The Balaban J connectivity index is 1.42. The van der Waals surface area contributed by atoms with Crippen molar-refractivity contribution in [3.8, 4) is 5.75 Å². The highest BCUT2D eigenvalue weighted by molar-refractivity contribution is 7.15. The fourth-order valence-electron chi connectivity index (χ4n) is 2.64. The van der Waals surface area contributed by atoms with Crippen molar-refractivity contribution in [3.05, 3.63) is 40.9 Å². The lowest BCUT2D eigenvalue weighted by molar-refractivity contribution is -0.135. The molecule has 2 heterocycles. The molecule has 0 atom stereocenters. The topological polar surface area (TPSA) is 71.7 Å². The molecule has 24 heavy (non-hydrogen) atoms. The summed E-state index contributed by atoms with van der Waals surface area (Å²) in [5, 5.41) is 0.604. The van der Waals surface area contributed by atoms with Gasteiger partial charge < -0.3 is 15.4 Å². The summed E-state index contributed by atoms with van der Waals surface area (Å²) >= 11 is 1.52. The lowest BCUT2D eigenvalue weighted by Crippen LogP contribution is -2.49. The van der Waals surface area contributed by atoms with E-state index in [0.29, 0.717) is 5.13 Å². The average molecular weight is 346 g/mol. The molecule has 0 unspecified atom stereocenters. The van der Waals surface area contributed by atoms with E-state index in [4.69, 9.17) is 10.5 Å². The van der Waals surface area contributed by atoms with E-state index in [0.717, 1.165) is 43.4 Å². The van der Waals surface area contributed by atoms with Gasteiger partial charge in [-0.05, 0) is 19.1 Å². The molecular formula is C17H22N4O2S. The van der Waals surface area contributed by atoms with Gasteiger partial charge in [0, 0.05) is 43.8 Å². The molecule has 6 nitrogen and oxygen atoms in total. The lowest BCUT2D eigenvalue weighted by atomic mass is 10.2. The van der Waals surface area contributed by atoms with Gasteiger partial charge in [-0.1, -0.05) is 17.7 Å². The standard InChI is InChI=1S/C17H22N4O2S/c1-13-2-4-14(5-3-13)23-12-16(22)21-8-6-20(7-9-21)11-15-10-19-17(18)24-15/h2-5,10H,6-9,11-12H2,1H3,(H2,18,19). The number of aryl methyl sites for hydroxylation is 1. The number of carbonyl (C=O) groups excluding carboxylic acids is 1. The van der Waals surface area contributed by atoms with Crippen molar-refractivity contribution in [2.75, 3.05) is 38.5 Å². The van der Waals surface area contributed by atoms with Crippen LogP contribution in [0, 0.1) is 6.92 Å². The number of rotatable bonds is 5. The molecule has 1 saturated heterocycles. The van der Waals surface area contributed by atoms with Crippen LogP contribution in [0.1, 0.15) is 10.4 Å². The number of ether oxygens (including phenoxy) is 1. The molecule has 1 fully saturated rings. The Morgan fingerprint density at radius 1 is 1.25 bits per heavy atom. The van der Waals surface area contributed by atoms with Crippen molar-refractivity contribution >= 4 is 22.4 Å². The molecule has 1 aliphatic heterocycles. The van der Waals surface area contributed by atoms with E-state index >= 15 is 0 Å². The zero-order valence-corrected chi connectivity index (χ0v) is 14.6. The molecular weight excluding hydrogens is 324 g/mol. The van der Waals surface area contributed by atoms with E-state index in [1.54, 1.807) is 0 Å². The largest absolute Gasteiger partial charge is 0.484 e. The van der Waals surface area contributed by atoms with Crippen LogP contribution in [0.25, 0.3) is 0 Å². The van der Waals surface area contributed by atoms with Crippen molar-refractivity contribution in [1.29, 1.82) is 0 Å². The molecule has 0 aliphatic carbocycles. The number of hydrogen-bond acceptors (Lipinski definition) is 6. The number of nitrogen functional groups attached to an aromatic ring is 1. The molecule has 0 bridgehead atoms. The van der Waals surface area contributed by atoms with Gasteiger partial charge in [-0.25, -0.2) is 4.98 Å². The van der Waals surface area contributed by atoms with Crippen molar-refractivity contribution in [2.24, 2.45) is 0 Å². The molecule has 1 aliphatic rings. The summed E-state index contributed by atoms with van der Waals surface area (Å²) in [4.78, 5) is 21.7. The zero-order chi connectivity index (χ0) is 16.9. The lowest BCUT2D eigenvalue weighted by Gasteiger charge is -2.34. The first kappa shape index (κ1) is 16.7. The van der Waals surface area contributed by atoms with Crippen molar-refractivity contribution < 1.29 is 9.53 Å². The minimum absolute atomic E-state index is 0.0391. The predicted molar refractivity (Wildman–Crippen MR) is 95.1 cm³/mol. The van der Waals surface area contributed by atoms with Crippen molar-refractivity contribution in [3.63, 3.8) is 0 Å². The fourth-order valence-corrected chi connectivity index (χ4v) is 3.37. The predicted octanol–water partition coefficient (Wildman–Crippen LogP) is 1.76. The van der Waals surface area contributed by atoms with Crippen LogP contribution >= 0.6 is 11.3 Å². The third-order valence-electron chi connectivity index (χ3n) is 4.06. The fraction of sp³-hybridized carbons (Fsp3) is 0.412. The van der Waals surface area contributed by atoms with Crippen molar-refractivity contribution in [2.45, 2.75) is 13.5 Å². The molecule has 1 aromatic carbocycles. The molecule has 7 heteroatoms. The maximum atomic E-state index is 12.3. The minimum Gasteiger partial charge on any atom is -0.484 e. The number of amides is 1. The summed E-state index contributed by atoms with van der Waals surface area (Å²) in [6.45, 7) is 6.12. The van der Waals surface area contributed by atoms with E-state index in [1.807, 2.05) is 42.3 Å². The van der Waals surface area contributed by atoms with E-state index < -0.39 is 0 Å². The van der Waals surface area contributed by atoms with E-state index in [9.17, 15) is 4.79 Å². The number of benzene rings is 1. The van der Waals surface area contributed by atoms with Crippen molar-refractivity contribution in [1.82, 2.24) is 14.8 Å². The Bertz CT molecular complexity index is 678. The van der Waals surface area contributed by atoms with Gasteiger partial charge in [-0.3, -0.25) is 9.69 Å². The highest BCUT2D eigenvalue weighted by Gasteiger charge is 2.21. The number of nitrogens with zero attached hydrogens (tertiary/aromatic N) is 3. The zero-order valence-electron chi connectivity index (χ0n) is 13.8. The van der Waals surface area contributed by atoms with Crippen LogP contribution in [0.5, 0.6) is 5.75 Å². The molecule has 1 aromatic heterocycles. The van der Waals surface area contributed by atoms with E-state index in [-0.39, 0.29) is 12.5 Å². The Labute approximate surface area is 145 Å². The van der Waals surface area contributed by atoms with Gasteiger partial charge in [0.05, 0.1) is 0 Å². The molecule has 2 N–H and O–H groups in total. The summed E-state index contributed by atoms with van der Waals surface area (Å²) < 4.78 is 5.58. The third kappa shape index (κ3) is 4.46. The Kier molecular flexibility index (Phi) is 5.32. The van der Waals surface area contributed by atoms with Crippen LogP contribution in [-0.4, -0.2) is 53.5 Å². The number of nitrogens with two attached hydrogens (primary N) is 1. The van der Waals surface area contributed by atoms with Gasteiger partial charge >= 0.3 is 0 Å². The quantitative estimate of drug-likeness (QED) is 0.893. The van der Waals surface area contributed by atoms with Gasteiger partial charge in [-0.2, -0.15) is 0 Å². The second kappa shape index (κ2) is 7.63. The summed E-state index contributed by atoms with van der Waals surface area (Å²) in [7, 11) is 0. The number of anilines is 1. The van der Waals surface area contributed by atoms with E-state index in [2.05, 4.69) is 9.88 Å².